The molecule has 2 saturated heterocycles. The Kier molecular flexibility index (Phi) is 8.57. The monoisotopic (exact) mass is 491 g/mol. The number of carbonyl (C=O) groups is 2. The van der Waals surface area contributed by atoms with E-state index in [1.54, 1.807) is 32.9 Å². The number of benzene rings is 1. The normalized spacial score (nSPS) is 21.8. The molecule has 9 nitrogen and oxygen atoms in total. The molecule has 1 saturated carbocycles. The Morgan fingerprint density at radius 1 is 0.824 bits per heavy atom. The first-order chi connectivity index (χ1) is 16.4. The highest BCUT2D eigenvalue weighted by atomic mass is 32.2. The molecule has 0 unspecified atom stereocenters. The number of nitrogens with zero attached hydrogens (tertiary/aromatic N) is 3. The lowest BCUT2D eigenvalue weighted by atomic mass is 10.1. The molecule has 2 aliphatic heterocycles. The summed E-state index contributed by atoms with van der Waals surface area (Å²) in [5.74, 6) is -0.361. The average Bonchev–Trinajstić information content (AvgIpc) is 3.17. The van der Waals surface area contributed by atoms with E-state index in [0.717, 1.165) is 51.4 Å². The summed E-state index contributed by atoms with van der Waals surface area (Å²) < 4.78 is 29.2. The molecule has 2 N–H and O–H groups in total. The zero-order valence-electron chi connectivity index (χ0n) is 19.9. The number of hydrogen-bond donors (Lipinski definition) is 2. The summed E-state index contributed by atoms with van der Waals surface area (Å²) in [6.45, 7) is 3.13. The topological polar surface area (TPSA) is 102 Å². The number of rotatable bonds is 7. The molecule has 0 bridgehead atoms. The number of para-hydroxylation sites is 1. The molecule has 0 aromatic heterocycles. The van der Waals surface area contributed by atoms with Crippen LogP contribution in [0.5, 0.6) is 0 Å². The van der Waals surface area contributed by atoms with Crippen LogP contribution in [0, 0.1) is 0 Å². The van der Waals surface area contributed by atoms with Crippen molar-refractivity contribution in [3.8, 4) is 0 Å². The third-order valence-electron chi connectivity index (χ3n) is 7.05. The van der Waals surface area contributed by atoms with Crippen molar-refractivity contribution in [2.45, 2.75) is 57.4 Å². The van der Waals surface area contributed by atoms with E-state index in [4.69, 9.17) is 0 Å². The largest absolute Gasteiger partial charge is 0.349 e. The maximum absolute atomic E-state index is 13.0. The number of amides is 2. The fourth-order valence-corrected chi connectivity index (χ4v) is 6.74. The van der Waals surface area contributed by atoms with Crippen LogP contribution in [0.3, 0.4) is 0 Å². The Balaban J connectivity index is 1.28. The minimum absolute atomic E-state index is 0.157. The molecule has 34 heavy (non-hydrogen) atoms. The summed E-state index contributed by atoms with van der Waals surface area (Å²) in [5, 5.41) is 5.96. The van der Waals surface area contributed by atoms with Crippen molar-refractivity contribution in [1.29, 1.82) is 0 Å². The third kappa shape index (κ3) is 6.35. The van der Waals surface area contributed by atoms with E-state index in [-0.39, 0.29) is 24.4 Å². The van der Waals surface area contributed by atoms with Gasteiger partial charge in [-0.3, -0.25) is 14.5 Å². The van der Waals surface area contributed by atoms with Gasteiger partial charge in [0.05, 0.1) is 17.8 Å². The van der Waals surface area contributed by atoms with Gasteiger partial charge in [-0.1, -0.05) is 37.8 Å². The van der Waals surface area contributed by atoms with Gasteiger partial charge in [0.1, 0.15) is 0 Å². The molecule has 1 aromatic rings. The summed E-state index contributed by atoms with van der Waals surface area (Å²) in [5.41, 5.74) is 0.974. The van der Waals surface area contributed by atoms with Gasteiger partial charge < -0.3 is 10.6 Å². The highest BCUT2D eigenvalue weighted by Crippen LogP contribution is 2.21. The van der Waals surface area contributed by atoms with Crippen molar-refractivity contribution in [3.05, 3.63) is 29.8 Å². The molecule has 1 aromatic carbocycles. The number of anilines is 1. The van der Waals surface area contributed by atoms with Gasteiger partial charge in [-0.15, -0.1) is 0 Å². The highest BCUT2D eigenvalue weighted by molar-refractivity contribution is 7.86. The number of carbonyl (C=O) groups excluding carboxylic acids is 2. The molecule has 0 spiro atoms. The summed E-state index contributed by atoms with van der Waals surface area (Å²) in [7, 11) is -3.44. The predicted molar refractivity (Wildman–Crippen MR) is 132 cm³/mol. The third-order valence-corrected chi connectivity index (χ3v) is 9.09. The van der Waals surface area contributed by atoms with E-state index in [2.05, 4.69) is 10.6 Å². The molecule has 3 aliphatic rings. The first kappa shape index (κ1) is 25.1. The minimum atomic E-state index is -3.44. The predicted octanol–water partition coefficient (Wildman–Crippen LogP) is 2.04. The van der Waals surface area contributed by atoms with Crippen LogP contribution in [0.25, 0.3) is 0 Å². The minimum Gasteiger partial charge on any atom is -0.349 e. The van der Waals surface area contributed by atoms with Crippen molar-refractivity contribution < 1.29 is 18.0 Å². The second kappa shape index (κ2) is 11.6. The second-order valence-electron chi connectivity index (χ2n) is 9.54. The summed E-state index contributed by atoms with van der Waals surface area (Å²) >= 11 is 0. The fourth-order valence-electron chi connectivity index (χ4n) is 5.07. The van der Waals surface area contributed by atoms with Crippen LogP contribution in [-0.4, -0.2) is 85.6 Å². The Labute approximate surface area is 203 Å². The van der Waals surface area contributed by atoms with Crippen LogP contribution in [0.2, 0.25) is 0 Å². The van der Waals surface area contributed by atoms with Crippen molar-refractivity contribution in [2.75, 3.05) is 51.1 Å². The molecule has 4 rings (SSSR count). The van der Waals surface area contributed by atoms with E-state index in [1.807, 2.05) is 4.90 Å². The van der Waals surface area contributed by atoms with Gasteiger partial charge in [-0.2, -0.15) is 17.0 Å². The molecule has 1 aliphatic carbocycles. The maximum atomic E-state index is 13.0. The van der Waals surface area contributed by atoms with Gasteiger partial charge in [0.25, 0.3) is 16.1 Å². The Bertz CT molecular complexity index is 948. The standard InChI is InChI=1S/C24H37N5O4S/c30-23(26-22-12-6-5-11-21(22)24(31)25-20-9-3-4-10-20)19-27-15-17-29(18-16-27)34(32,33)28-13-7-1-2-8-14-28/h5-6,11-12,20H,1-4,7-10,13-19H2,(H,25,31)(H,26,30). The Morgan fingerprint density at radius 3 is 2.12 bits per heavy atom. The van der Waals surface area contributed by atoms with Gasteiger partial charge in [-0.05, 0) is 37.8 Å². The lowest BCUT2D eigenvalue weighted by Gasteiger charge is -2.36. The quantitative estimate of drug-likeness (QED) is 0.608. The van der Waals surface area contributed by atoms with Crippen LogP contribution in [-0.2, 0) is 15.0 Å². The number of hydrogen-bond acceptors (Lipinski definition) is 5. The average molecular weight is 492 g/mol. The van der Waals surface area contributed by atoms with Crippen LogP contribution < -0.4 is 10.6 Å². The molecule has 2 heterocycles. The summed E-state index contributed by atoms with van der Waals surface area (Å²) in [6.07, 6.45) is 8.27. The van der Waals surface area contributed by atoms with E-state index < -0.39 is 10.2 Å². The SMILES string of the molecule is O=C(CN1CCN(S(=O)(=O)N2CCCCCC2)CC1)Nc1ccccc1C(=O)NC1CCCC1. The molecule has 0 atom stereocenters. The van der Waals surface area contributed by atoms with Crippen LogP contribution >= 0.6 is 0 Å². The molecule has 0 radical (unpaired) electrons. The highest BCUT2D eigenvalue weighted by Gasteiger charge is 2.33. The van der Waals surface area contributed by atoms with Crippen molar-refractivity contribution in [2.24, 2.45) is 0 Å². The van der Waals surface area contributed by atoms with Gasteiger partial charge in [-0.25, -0.2) is 0 Å². The second-order valence-corrected chi connectivity index (χ2v) is 11.5. The molecule has 188 valence electrons. The number of piperazine rings is 1. The fraction of sp³-hybridized carbons (Fsp3) is 0.667. The van der Waals surface area contributed by atoms with Crippen LogP contribution in [0.15, 0.2) is 24.3 Å². The van der Waals surface area contributed by atoms with Crippen LogP contribution in [0.1, 0.15) is 61.7 Å². The lowest BCUT2D eigenvalue weighted by molar-refractivity contribution is -0.117. The van der Waals surface area contributed by atoms with Crippen molar-refractivity contribution in [3.63, 3.8) is 0 Å². The van der Waals surface area contributed by atoms with Gasteiger partial charge in [0.15, 0.2) is 0 Å². The first-order valence-corrected chi connectivity index (χ1v) is 14.0. The van der Waals surface area contributed by atoms with E-state index >= 15 is 0 Å². The van der Waals surface area contributed by atoms with Gasteiger partial charge in [0.2, 0.25) is 5.91 Å². The zero-order chi connectivity index (χ0) is 24.0. The Hall–Kier alpha value is -2.01. The molecular formula is C24H37N5O4S. The number of nitrogens with one attached hydrogen (secondary N) is 2. The first-order valence-electron chi connectivity index (χ1n) is 12.6. The molecule has 10 heteroatoms. The molecule has 3 fully saturated rings. The lowest BCUT2D eigenvalue weighted by Crippen LogP contribution is -2.54. The molecular weight excluding hydrogens is 454 g/mol. The van der Waals surface area contributed by atoms with E-state index in [9.17, 15) is 18.0 Å². The maximum Gasteiger partial charge on any atom is 0.282 e. The van der Waals surface area contributed by atoms with E-state index in [1.165, 1.54) is 0 Å². The zero-order valence-corrected chi connectivity index (χ0v) is 20.7. The van der Waals surface area contributed by atoms with Crippen LogP contribution in [0.4, 0.5) is 5.69 Å². The van der Waals surface area contributed by atoms with Crippen molar-refractivity contribution >= 4 is 27.7 Å². The van der Waals surface area contributed by atoms with Crippen molar-refractivity contribution in [1.82, 2.24) is 18.8 Å². The smallest absolute Gasteiger partial charge is 0.282 e. The van der Waals surface area contributed by atoms with Gasteiger partial charge >= 0.3 is 0 Å². The summed E-state index contributed by atoms with van der Waals surface area (Å²) in [6, 6.07) is 7.27. The summed E-state index contributed by atoms with van der Waals surface area (Å²) in [4.78, 5) is 27.4. The van der Waals surface area contributed by atoms with E-state index in [0.29, 0.717) is 50.5 Å². The Morgan fingerprint density at radius 2 is 1.44 bits per heavy atom. The van der Waals surface area contributed by atoms with Gasteiger partial charge in [0, 0.05) is 45.3 Å². The molecule has 2 amide bonds.